The maximum absolute atomic E-state index is 12.3. The van der Waals surface area contributed by atoms with Crippen molar-refractivity contribution in [2.45, 2.75) is 51.7 Å². The van der Waals surface area contributed by atoms with E-state index in [1.54, 1.807) is 0 Å². The van der Waals surface area contributed by atoms with Crippen LogP contribution in [-0.2, 0) is 20.9 Å². The number of carbonyl (C=O) groups excluding carboxylic acids is 2. The van der Waals surface area contributed by atoms with E-state index in [-0.39, 0.29) is 17.9 Å². The maximum Gasteiger partial charge on any atom is 0.253 e. The molecule has 2 aliphatic rings. The van der Waals surface area contributed by atoms with Gasteiger partial charge in [0.15, 0.2) is 0 Å². The second-order valence-corrected chi connectivity index (χ2v) is 7.76. The third kappa shape index (κ3) is 6.04. The van der Waals surface area contributed by atoms with Gasteiger partial charge in [0, 0.05) is 25.3 Å². The minimum atomic E-state index is -0.343. The summed E-state index contributed by atoms with van der Waals surface area (Å²) in [6.45, 7) is 5.40. The summed E-state index contributed by atoms with van der Waals surface area (Å²) in [5, 5.41) is 9.32. The summed E-state index contributed by atoms with van der Waals surface area (Å²) in [6.07, 6.45) is 4.32. The van der Waals surface area contributed by atoms with Crippen molar-refractivity contribution in [2.75, 3.05) is 25.0 Å². The Balaban J connectivity index is 1.44. The Morgan fingerprint density at radius 2 is 2.19 bits per heavy atom. The van der Waals surface area contributed by atoms with Crippen molar-refractivity contribution in [2.24, 2.45) is 11.8 Å². The van der Waals surface area contributed by atoms with Crippen LogP contribution in [0.1, 0.15) is 44.6 Å². The number of anilines is 1. The number of rotatable bonds is 7. The first-order valence-electron chi connectivity index (χ1n) is 10.1. The molecule has 0 saturated carbocycles. The monoisotopic (exact) mass is 373 g/mol. The van der Waals surface area contributed by atoms with Crippen LogP contribution >= 0.6 is 0 Å². The molecule has 1 aromatic carbocycles. The summed E-state index contributed by atoms with van der Waals surface area (Å²) in [5.74, 6) is 0.959. The van der Waals surface area contributed by atoms with Crippen LogP contribution in [0.3, 0.4) is 0 Å². The fraction of sp³-hybridized carbons (Fsp3) is 0.619. The fourth-order valence-electron chi connectivity index (χ4n) is 3.86. The van der Waals surface area contributed by atoms with Crippen LogP contribution in [0.15, 0.2) is 24.3 Å². The molecule has 6 nitrogen and oxygen atoms in total. The van der Waals surface area contributed by atoms with Gasteiger partial charge < -0.3 is 20.7 Å². The Bertz CT molecular complexity index is 637. The van der Waals surface area contributed by atoms with Crippen molar-refractivity contribution in [1.29, 1.82) is 0 Å². The van der Waals surface area contributed by atoms with Gasteiger partial charge >= 0.3 is 0 Å². The van der Waals surface area contributed by atoms with Crippen molar-refractivity contribution in [1.82, 2.24) is 10.6 Å². The number of piperidine rings is 1. The molecule has 0 aliphatic carbocycles. The van der Waals surface area contributed by atoms with Crippen LogP contribution in [0.5, 0.6) is 0 Å². The second-order valence-electron chi connectivity index (χ2n) is 7.76. The first kappa shape index (κ1) is 19.8. The fourth-order valence-corrected chi connectivity index (χ4v) is 3.86. The van der Waals surface area contributed by atoms with Gasteiger partial charge in [0.05, 0.1) is 0 Å². The Hall–Kier alpha value is -1.92. The highest BCUT2D eigenvalue weighted by Crippen LogP contribution is 2.22. The van der Waals surface area contributed by atoms with Gasteiger partial charge in [-0.05, 0) is 68.3 Å². The van der Waals surface area contributed by atoms with Gasteiger partial charge in [-0.15, -0.1) is 0 Å². The lowest BCUT2D eigenvalue weighted by Gasteiger charge is -2.28. The molecule has 0 bridgehead atoms. The molecular weight excluding hydrogens is 342 g/mol. The van der Waals surface area contributed by atoms with Gasteiger partial charge in [-0.25, -0.2) is 0 Å². The zero-order chi connectivity index (χ0) is 19.1. The molecule has 0 aromatic heterocycles. The first-order chi connectivity index (χ1) is 13.1. The largest absolute Gasteiger partial charge is 0.368 e. The summed E-state index contributed by atoms with van der Waals surface area (Å²) >= 11 is 0. The van der Waals surface area contributed by atoms with E-state index in [1.165, 1.54) is 12.8 Å². The molecule has 3 rings (SSSR count). The molecule has 0 radical (unpaired) electrons. The standard InChI is InChI=1S/C21H31N3O3/c1-15(17-6-3-9-22-14-17)11-20(25)23-13-16-5-2-7-18(12-16)24-21(26)19-8-4-10-27-19/h2,5,7,12,15,17,19,22H,3-4,6,8-11,13-14H2,1H3,(H,23,25)(H,24,26). The molecule has 6 heteroatoms. The van der Waals surface area contributed by atoms with Crippen LogP contribution in [-0.4, -0.2) is 37.6 Å². The SMILES string of the molecule is CC(CC(=O)NCc1cccc(NC(=O)C2CCCO2)c1)C1CCCNC1. The van der Waals surface area contributed by atoms with Gasteiger partial charge in [-0.1, -0.05) is 19.1 Å². The lowest BCUT2D eigenvalue weighted by Crippen LogP contribution is -2.35. The Kier molecular flexibility index (Phi) is 7.24. The van der Waals surface area contributed by atoms with Gasteiger partial charge in [-0.2, -0.15) is 0 Å². The average Bonchev–Trinajstić information content (AvgIpc) is 3.22. The molecule has 148 valence electrons. The highest BCUT2D eigenvalue weighted by molar-refractivity contribution is 5.94. The second kappa shape index (κ2) is 9.85. The predicted octanol–water partition coefficient (Wildman–Crippen LogP) is 2.45. The van der Waals surface area contributed by atoms with Crippen LogP contribution in [0.2, 0.25) is 0 Å². The zero-order valence-electron chi connectivity index (χ0n) is 16.1. The Morgan fingerprint density at radius 1 is 1.30 bits per heavy atom. The highest BCUT2D eigenvalue weighted by atomic mass is 16.5. The minimum absolute atomic E-state index is 0.0851. The third-order valence-electron chi connectivity index (χ3n) is 5.55. The summed E-state index contributed by atoms with van der Waals surface area (Å²) in [4.78, 5) is 24.4. The first-order valence-corrected chi connectivity index (χ1v) is 10.1. The van der Waals surface area contributed by atoms with Crippen LogP contribution in [0.4, 0.5) is 5.69 Å². The normalized spacial score (nSPS) is 23.6. The van der Waals surface area contributed by atoms with Crippen molar-refractivity contribution >= 4 is 17.5 Å². The number of hydrogen-bond donors (Lipinski definition) is 3. The van der Waals surface area contributed by atoms with Gasteiger partial charge in [0.2, 0.25) is 5.91 Å². The van der Waals surface area contributed by atoms with E-state index < -0.39 is 0 Å². The lowest BCUT2D eigenvalue weighted by atomic mass is 9.85. The number of nitrogens with one attached hydrogen (secondary N) is 3. The van der Waals surface area contributed by atoms with Gasteiger partial charge in [0.1, 0.15) is 6.10 Å². The van der Waals surface area contributed by atoms with E-state index in [2.05, 4.69) is 22.9 Å². The molecule has 2 heterocycles. The number of hydrogen-bond acceptors (Lipinski definition) is 4. The molecule has 2 saturated heterocycles. The molecule has 2 fully saturated rings. The number of benzene rings is 1. The molecule has 0 spiro atoms. The average molecular weight is 373 g/mol. The molecule has 3 atom stereocenters. The topological polar surface area (TPSA) is 79.5 Å². The minimum Gasteiger partial charge on any atom is -0.368 e. The zero-order valence-corrected chi connectivity index (χ0v) is 16.1. The van der Waals surface area contributed by atoms with Crippen LogP contribution in [0, 0.1) is 11.8 Å². The predicted molar refractivity (Wildman–Crippen MR) is 105 cm³/mol. The van der Waals surface area contributed by atoms with E-state index in [1.807, 2.05) is 24.3 Å². The number of carbonyl (C=O) groups is 2. The lowest BCUT2D eigenvalue weighted by molar-refractivity contribution is -0.124. The number of amides is 2. The van der Waals surface area contributed by atoms with Crippen molar-refractivity contribution < 1.29 is 14.3 Å². The van der Waals surface area contributed by atoms with E-state index >= 15 is 0 Å². The van der Waals surface area contributed by atoms with Crippen molar-refractivity contribution in [3.05, 3.63) is 29.8 Å². The third-order valence-corrected chi connectivity index (χ3v) is 5.55. The van der Waals surface area contributed by atoms with Crippen LogP contribution < -0.4 is 16.0 Å². The van der Waals surface area contributed by atoms with E-state index in [4.69, 9.17) is 4.74 Å². The molecule has 2 aliphatic heterocycles. The van der Waals surface area contributed by atoms with Crippen LogP contribution in [0.25, 0.3) is 0 Å². The number of ether oxygens (including phenoxy) is 1. The smallest absolute Gasteiger partial charge is 0.253 e. The Morgan fingerprint density at radius 3 is 2.93 bits per heavy atom. The summed E-state index contributed by atoms with van der Waals surface area (Å²) < 4.78 is 5.41. The summed E-state index contributed by atoms with van der Waals surface area (Å²) in [5.41, 5.74) is 1.71. The molecule has 2 amide bonds. The summed E-state index contributed by atoms with van der Waals surface area (Å²) in [6, 6.07) is 7.61. The van der Waals surface area contributed by atoms with Gasteiger partial charge in [-0.3, -0.25) is 9.59 Å². The maximum atomic E-state index is 12.3. The van der Waals surface area contributed by atoms with E-state index in [0.29, 0.717) is 31.4 Å². The molecule has 1 aromatic rings. The molecule has 3 unspecified atom stereocenters. The Labute approximate surface area is 161 Å². The summed E-state index contributed by atoms with van der Waals surface area (Å²) in [7, 11) is 0. The quantitative estimate of drug-likeness (QED) is 0.686. The molecule has 27 heavy (non-hydrogen) atoms. The van der Waals surface area contributed by atoms with E-state index in [0.717, 1.165) is 37.2 Å². The molecular formula is C21H31N3O3. The van der Waals surface area contributed by atoms with E-state index in [9.17, 15) is 9.59 Å². The highest BCUT2D eigenvalue weighted by Gasteiger charge is 2.24. The molecule has 3 N–H and O–H groups in total. The van der Waals surface area contributed by atoms with Crippen molar-refractivity contribution in [3.63, 3.8) is 0 Å². The van der Waals surface area contributed by atoms with Gasteiger partial charge in [0.25, 0.3) is 5.91 Å². The van der Waals surface area contributed by atoms with Crippen molar-refractivity contribution in [3.8, 4) is 0 Å².